The number of rotatable bonds is 7. The molecule has 2 rings (SSSR count). The van der Waals surface area contributed by atoms with Gasteiger partial charge in [0.2, 0.25) is 5.13 Å². The van der Waals surface area contributed by atoms with Crippen molar-refractivity contribution < 1.29 is 0 Å². The van der Waals surface area contributed by atoms with E-state index in [1.165, 1.54) is 15.6 Å². The fourth-order valence-electron chi connectivity index (χ4n) is 2.38. The Morgan fingerprint density at radius 3 is 3.00 bits per heavy atom. The highest BCUT2D eigenvalue weighted by Gasteiger charge is 2.23. The summed E-state index contributed by atoms with van der Waals surface area (Å²) in [6.07, 6.45) is 5.24. The second-order valence-corrected chi connectivity index (χ2v) is 6.03. The Balaban J connectivity index is 2.05. The Morgan fingerprint density at radius 1 is 1.47 bits per heavy atom. The topological polar surface area (TPSA) is 57.6 Å². The van der Waals surface area contributed by atoms with Gasteiger partial charge >= 0.3 is 0 Å². The van der Waals surface area contributed by atoms with Crippen LogP contribution in [0, 0.1) is 4.91 Å². The number of nitrogens with one attached hydrogen (secondary N) is 1. The van der Waals surface area contributed by atoms with E-state index in [0.717, 1.165) is 43.8 Å². The molecular formula is C13H22N4OS. The summed E-state index contributed by atoms with van der Waals surface area (Å²) in [4.78, 5) is 16.7. The molecule has 0 radical (unpaired) electrons. The summed E-state index contributed by atoms with van der Waals surface area (Å²) in [5, 5.41) is 8.89. The van der Waals surface area contributed by atoms with Crippen LogP contribution in [0.3, 0.4) is 0 Å². The first kappa shape index (κ1) is 14.4. The van der Waals surface area contributed by atoms with Gasteiger partial charge in [-0.15, -0.1) is 4.91 Å². The van der Waals surface area contributed by atoms with Gasteiger partial charge in [0, 0.05) is 17.5 Å². The summed E-state index contributed by atoms with van der Waals surface area (Å²) in [5.74, 6) is 0. The van der Waals surface area contributed by atoms with Crippen LogP contribution in [-0.2, 0) is 12.8 Å². The number of thiazole rings is 1. The maximum Gasteiger partial charge on any atom is 0.209 e. The summed E-state index contributed by atoms with van der Waals surface area (Å²) < 4.78 is 0. The minimum Gasteiger partial charge on any atom is -0.314 e. The number of aromatic nitrogens is 1. The number of nitroso groups, excluding NO2 is 1. The molecule has 0 bridgehead atoms. The van der Waals surface area contributed by atoms with Gasteiger partial charge in [-0.2, -0.15) is 0 Å². The van der Waals surface area contributed by atoms with E-state index in [1.807, 2.05) is 6.92 Å². The summed E-state index contributed by atoms with van der Waals surface area (Å²) in [7, 11) is 0. The molecule has 1 heterocycles. The molecule has 0 spiro atoms. The normalized spacial score (nSPS) is 18.1. The van der Waals surface area contributed by atoms with E-state index in [1.54, 1.807) is 11.3 Å². The third-order valence-electron chi connectivity index (χ3n) is 3.37. The van der Waals surface area contributed by atoms with Crippen molar-refractivity contribution in [2.75, 3.05) is 18.1 Å². The number of anilines is 1. The lowest BCUT2D eigenvalue weighted by atomic mass is 9.98. The predicted octanol–water partition coefficient (Wildman–Crippen LogP) is 2.90. The van der Waals surface area contributed by atoms with Crippen LogP contribution >= 0.6 is 11.3 Å². The maximum absolute atomic E-state index is 10.8. The van der Waals surface area contributed by atoms with Crippen LogP contribution in [0.2, 0.25) is 0 Å². The Bertz CT molecular complexity index is 421. The monoisotopic (exact) mass is 282 g/mol. The molecule has 0 amide bonds. The third kappa shape index (κ3) is 3.51. The van der Waals surface area contributed by atoms with E-state index in [4.69, 9.17) is 0 Å². The molecule has 1 aromatic rings. The minimum atomic E-state index is 0.560. The Kier molecular flexibility index (Phi) is 5.27. The average molecular weight is 282 g/mol. The van der Waals surface area contributed by atoms with Crippen molar-refractivity contribution in [3.8, 4) is 0 Å². The molecule has 0 saturated heterocycles. The number of nitrogens with zero attached hydrogens (tertiary/aromatic N) is 3. The Labute approximate surface area is 118 Å². The van der Waals surface area contributed by atoms with E-state index in [0.29, 0.717) is 12.6 Å². The van der Waals surface area contributed by atoms with Crippen molar-refractivity contribution in [3.05, 3.63) is 15.5 Å². The van der Waals surface area contributed by atoms with Crippen molar-refractivity contribution in [1.29, 1.82) is 0 Å². The van der Waals surface area contributed by atoms with Crippen LogP contribution in [-0.4, -0.2) is 24.1 Å². The summed E-state index contributed by atoms with van der Waals surface area (Å²) in [6.45, 7) is 5.94. The third-order valence-corrected chi connectivity index (χ3v) is 4.50. The van der Waals surface area contributed by atoms with E-state index in [9.17, 15) is 4.91 Å². The lowest BCUT2D eigenvalue weighted by molar-refractivity contribution is 0.459. The largest absolute Gasteiger partial charge is 0.314 e. The Hall–Kier alpha value is -1.01. The van der Waals surface area contributed by atoms with Gasteiger partial charge in [-0.1, -0.05) is 25.2 Å². The van der Waals surface area contributed by atoms with Crippen molar-refractivity contribution in [2.24, 2.45) is 5.29 Å². The van der Waals surface area contributed by atoms with Crippen molar-refractivity contribution >= 4 is 16.5 Å². The molecular weight excluding hydrogens is 260 g/mol. The summed E-state index contributed by atoms with van der Waals surface area (Å²) >= 11 is 1.63. The second kappa shape index (κ2) is 6.96. The molecule has 1 aromatic heterocycles. The molecule has 0 aromatic carbocycles. The summed E-state index contributed by atoms with van der Waals surface area (Å²) in [6, 6.07) is 0.560. The molecule has 1 unspecified atom stereocenters. The van der Waals surface area contributed by atoms with Crippen LogP contribution in [0.1, 0.15) is 43.7 Å². The van der Waals surface area contributed by atoms with Crippen LogP contribution in [0.15, 0.2) is 5.29 Å². The zero-order chi connectivity index (χ0) is 13.7. The van der Waals surface area contributed by atoms with E-state index < -0.39 is 0 Å². The molecule has 0 saturated carbocycles. The molecule has 0 aliphatic heterocycles. The molecule has 106 valence electrons. The van der Waals surface area contributed by atoms with Crippen LogP contribution in [0.5, 0.6) is 0 Å². The van der Waals surface area contributed by atoms with Gasteiger partial charge in [-0.3, -0.25) is 0 Å². The lowest BCUT2D eigenvalue weighted by Gasteiger charge is -2.21. The quantitative estimate of drug-likeness (QED) is 0.617. The molecule has 0 fully saturated rings. The zero-order valence-electron chi connectivity index (χ0n) is 11.7. The van der Waals surface area contributed by atoms with Crippen LogP contribution in [0.25, 0.3) is 0 Å². The number of aryl methyl sites for hydroxylation is 1. The lowest BCUT2D eigenvalue weighted by Crippen LogP contribution is -2.34. The molecule has 19 heavy (non-hydrogen) atoms. The van der Waals surface area contributed by atoms with Gasteiger partial charge in [0.15, 0.2) is 0 Å². The van der Waals surface area contributed by atoms with Gasteiger partial charge in [0.05, 0.1) is 11.0 Å². The standard InChI is InChI=1S/C13H22N4OS/c1-3-7-14-10-5-6-11-12(9-10)19-13(15-11)17(16-18)8-4-2/h10,14H,3-9H2,1-2H3. The zero-order valence-corrected chi connectivity index (χ0v) is 12.5. The average Bonchev–Trinajstić information content (AvgIpc) is 2.85. The highest BCUT2D eigenvalue weighted by Crippen LogP contribution is 2.32. The van der Waals surface area contributed by atoms with E-state index >= 15 is 0 Å². The van der Waals surface area contributed by atoms with E-state index in [2.05, 4.69) is 22.5 Å². The van der Waals surface area contributed by atoms with Crippen molar-refractivity contribution in [3.63, 3.8) is 0 Å². The van der Waals surface area contributed by atoms with Gasteiger partial charge in [0.25, 0.3) is 0 Å². The summed E-state index contributed by atoms with van der Waals surface area (Å²) in [5.41, 5.74) is 1.17. The van der Waals surface area contributed by atoms with Gasteiger partial charge in [-0.05, 0) is 38.6 Å². The first-order valence-corrected chi connectivity index (χ1v) is 7.92. The second-order valence-electron chi connectivity index (χ2n) is 4.96. The maximum atomic E-state index is 10.8. The molecule has 1 N–H and O–H groups in total. The number of fused-ring (bicyclic) bond motifs is 1. The van der Waals surface area contributed by atoms with Crippen LogP contribution < -0.4 is 10.3 Å². The van der Waals surface area contributed by atoms with Gasteiger partial charge < -0.3 is 5.32 Å². The fraction of sp³-hybridized carbons (Fsp3) is 0.769. The molecule has 1 aliphatic carbocycles. The highest BCUT2D eigenvalue weighted by atomic mass is 32.1. The first-order valence-electron chi connectivity index (χ1n) is 7.11. The smallest absolute Gasteiger partial charge is 0.209 e. The van der Waals surface area contributed by atoms with Crippen LogP contribution in [0.4, 0.5) is 5.13 Å². The first-order chi connectivity index (χ1) is 9.28. The van der Waals surface area contributed by atoms with Gasteiger partial charge in [-0.25, -0.2) is 9.99 Å². The molecule has 1 aliphatic rings. The van der Waals surface area contributed by atoms with Crippen molar-refractivity contribution in [2.45, 2.75) is 52.0 Å². The Morgan fingerprint density at radius 2 is 2.32 bits per heavy atom. The number of hydrogen-bond donors (Lipinski definition) is 1. The minimum absolute atomic E-state index is 0.560. The molecule has 6 heteroatoms. The SMILES string of the molecule is CCCNC1CCc2nc(N(CCC)N=O)sc2C1. The molecule has 5 nitrogen and oxygen atoms in total. The van der Waals surface area contributed by atoms with Gasteiger partial charge in [0.1, 0.15) is 0 Å². The predicted molar refractivity (Wildman–Crippen MR) is 79.7 cm³/mol. The van der Waals surface area contributed by atoms with Crippen molar-refractivity contribution in [1.82, 2.24) is 10.3 Å². The highest BCUT2D eigenvalue weighted by molar-refractivity contribution is 7.15. The fourth-order valence-corrected chi connectivity index (χ4v) is 3.53. The van der Waals surface area contributed by atoms with E-state index in [-0.39, 0.29) is 0 Å². The number of hydrogen-bond acceptors (Lipinski definition) is 5. The molecule has 1 atom stereocenters.